The molecule has 0 bridgehead atoms. The number of carbonyl (C=O) groups is 1. The fourth-order valence-electron chi connectivity index (χ4n) is 4.82. The lowest BCUT2D eigenvalue weighted by Crippen LogP contribution is -2.47. The van der Waals surface area contributed by atoms with Crippen molar-refractivity contribution in [2.24, 2.45) is 0 Å². The molecule has 2 aliphatic heterocycles. The van der Waals surface area contributed by atoms with Gasteiger partial charge in [-0.05, 0) is 56.3 Å². The van der Waals surface area contributed by atoms with E-state index in [0.717, 1.165) is 68.0 Å². The number of likely N-dealkylation sites (N-methyl/N-ethyl adjacent to an activating group) is 1. The summed E-state index contributed by atoms with van der Waals surface area (Å²) in [5.41, 5.74) is 3.74. The summed E-state index contributed by atoms with van der Waals surface area (Å²) in [4.78, 5) is 33.9. The van der Waals surface area contributed by atoms with Crippen LogP contribution in [-0.4, -0.2) is 88.2 Å². The molecule has 5 heterocycles. The summed E-state index contributed by atoms with van der Waals surface area (Å²) in [5.74, 6) is 1.24. The third-order valence-electron chi connectivity index (χ3n) is 6.97. The zero-order chi connectivity index (χ0) is 27.9. The molecule has 2 saturated heterocycles. The predicted octanol–water partition coefficient (Wildman–Crippen LogP) is 4.74. The third-order valence-corrected chi connectivity index (χ3v) is 6.97. The Morgan fingerprint density at radius 1 is 1.02 bits per heavy atom. The minimum absolute atomic E-state index is 0.0366. The molecule has 1 unspecified atom stereocenters. The summed E-state index contributed by atoms with van der Waals surface area (Å²) in [7, 11) is 2.08. The molecule has 0 radical (unpaired) electrons. The van der Waals surface area contributed by atoms with Gasteiger partial charge in [0.2, 0.25) is 5.95 Å². The smallest absolute Gasteiger partial charge is 0.270 e. The zero-order valence-corrected chi connectivity index (χ0v) is 23.4. The number of pyridine rings is 1. The van der Waals surface area contributed by atoms with Gasteiger partial charge in [0.25, 0.3) is 5.91 Å². The molecule has 0 spiro atoms. The van der Waals surface area contributed by atoms with Crippen LogP contribution in [0, 0.1) is 0 Å². The number of carbonyl (C=O) groups excluding carboxylic acids is 1. The van der Waals surface area contributed by atoms with Gasteiger partial charge in [-0.1, -0.05) is 13.8 Å². The Kier molecular flexibility index (Phi) is 8.87. The minimum atomic E-state index is 0.0366. The van der Waals surface area contributed by atoms with Crippen molar-refractivity contribution in [3.8, 4) is 17.1 Å². The molecule has 2 aliphatic rings. The van der Waals surface area contributed by atoms with E-state index in [1.807, 2.05) is 61.2 Å². The van der Waals surface area contributed by atoms with Crippen LogP contribution in [0.4, 0.5) is 11.6 Å². The number of nitrogens with one attached hydrogen (secondary N) is 2. The van der Waals surface area contributed by atoms with E-state index in [4.69, 9.17) is 9.47 Å². The number of hydrogen-bond donors (Lipinski definition) is 2. The lowest BCUT2D eigenvalue weighted by atomic mass is 10.2. The van der Waals surface area contributed by atoms with Crippen LogP contribution in [0.1, 0.15) is 37.2 Å². The first-order valence-electron chi connectivity index (χ1n) is 14.0. The quantitative estimate of drug-likeness (QED) is 0.359. The second kappa shape index (κ2) is 12.9. The number of H-pyrrole nitrogens is 1. The number of piperazine rings is 1. The first kappa shape index (κ1) is 27.5. The molecule has 0 aliphatic carbocycles. The number of benzene rings is 1. The molecule has 1 atom stereocenters. The van der Waals surface area contributed by atoms with Gasteiger partial charge in [-0.2, -0.15) is 0 Å². The molecule has 6 rings (SSSR count). The van der Waals surface area contributed by atoms with Gasteiger partial charge in [0.05, 0.1) is 18.0 Å². The summed E-state index contributed by atoms with van der Waals surface area (Å²) in [5, 5.41) is 4.23. The lowest BCUT2D eigenvalue weighted by molar-refractivity contribution is 0.00742. The molecular weight excluding hydrogens is 506 g/mol. The monoisotopic (exact) mass is 543 g/mol. The Morgan fingerprint density at radius 3 is 2.65 bits per heavy atom. The van der Waals surface area contributed by atoms with Crippen LogP contribution in [-0.2, 0) is 4.74 Å². The van der Waals surface area contributed by atoms with Gasteiger partial charge in [-0.15, -0.1) is 0 Å². The van der Waals surface area contributed by atoms with E-state index >= 15 is 0 Å². The number of fused-ring (bicyclic) bond motifs is 1. The van der Waals surface area contributed by atoms with Crippen molar-refractivity contribution in [1.82, 2.24) is 29.7 Å². The van der Waals surface area contributed by atoms with Gasteiger partial charge in [0.1, 0.15) is 17.5 Å². The van der Waals surface area contributed by atoms with Gasteiger partial charge >= 0.3 is 0 Å². The van der Waals surface area contributed by atoms with Crippen LogP contribution in [0.15, 0.2) is 54.9 Å². The molecule has 3 aromatic heterocycles. The first-order valence-corrected chi connectivity index (χ1v) is 14.0. The maximum absolute atomic E-state index is 13.0. The van der Waals surface area contributed by atoms with Crippen LogP contribution in [0.3, 0.4) is 0 Å². The molecule has 0 saturated carbocycles. The fraction of sp³-hybridized carbons (Fsp3) is 0.400. The Labute approximate surface area is 234 Å². The molecule has 1 aromatic carbocycles. The van der Waals surface area contributed by atoms with Crippen molar-refractivity contribution in [2.45, 2.75) is 32.8 Å². The second-order valence-electron chi connectivity index (χ2n) is 9.80. The number of ether oxygens (including phenoxy) is 2. The normalized spacial score (nSPS) is 17.7. The number of rotatable bonds is 6. The molecule has 2 fully saturated rings. The first-order chi connectivity index (χ1) is 19.6. The molecule has 1 amide bonds. The SMILES string of the molecule is CC.CN1CCN(C(=O)c2cc3cc(Nc4nccc(-c5cc(OC6CCCOC6)ccn5)n4)ccc3[nH]2)CC1. The second-order valence-corrected chi connectivity index (χ2v) is 9.80. The summed E-state index contributed by atoms with van der Waals surface area (Å²) in [6, 6.07) is 13.4. The van der Waals surface area contributed by atoms with E-state index in [0.29, 0.717) is 29.6 Å². The highest BCUT2D eigenvalue weighted by atomic mass is 16.5. The van der Waals surface area contributed by atoms with Crippen LogP contribution in [0.2, 0.25) is 0 Å². The van der Waals surface area contributed by atoms with Crippen LogP contribution >= 0.6 is 0 Å². The Morgan fingerprint density at radius 2 is 1.85 bits per heavy atom. The topological polar surface area (TPSA) is 108 Å². The van der Waals surface area contributed by atoms with Crippen molar-refractivity contribution in [3.05, 3.63) is 60.6 Å². The van der Waals surface area contributed by atoms with E-state index in [9.17, 15) is 4.79 Å². The average molecular weight is 544 g/mol. The maximum Gasteiger partial charge on any atom is 0.270 e. The highest BCUT2D eigenvalue weighted by molar-refractivity contribution is 5.98. The molecule has 4 aromatic rings. The summed E-state index contributed by atoms with van der Waals surface area (Å²) < 4.78 is 11.6. The van der Waals surface area contributed by atoms with Crippen molar-refractivity contribution in [3.63, 3.8) is 0 Å². The van der Waals surface area contributed by atoms with Gasteiger partial charge < -0.3 is 29.6 Å². The van der Waals surface area contributed by atoms with Gasteiger partial charge in [0.15, 0.2) is 0 Å². The largest absolute Gasteiger partial charge is 0.488 e. The maximum atomic E-state index is 13.0. The van der Waals surface area contributed by atoms with Gasteiger partial charge in [-0.3, -0.25) is 9.78 Å². The van der Waals surface area contributed by atoms with Crippen LogP contribution in [0.5, 0.6) is 5.75 Å². The van der Waals surface area contributed by atoms with E-state index in [1.165, 1.54) is 0 Å². The van der Waals surface area contributed by atoms with E-state index < -0.39 is 0 Å². The van der Waals surface area contributed by atoms with Gasteiger partial charge in [-0.25, -0.2) is 9.97 Å². The molecule has 10 heteroatoms. The van der Waals surface area contributed by atoms with Gasteiger partial charge in [0, 0.05) is 67.8 Å². The van der Waals surface area contributed by atoms with E-state index in [1.54, 1.807) is 12.4 Å². The van der Waals surface area contributed by atoms with Crippen molar-refractivity contribution < 1.29 is 14.3 Å². The predicted molar refractivity (Wildman–Crippen MR) is 156 cm³/mol. The number of anilines is 2. The number of nitrogens with zero attached hydrogens (tertiary/aromatic N) is 5. The molecule has 40 heavy (non-hydrogen) atoms. The number of amides is 1. The molecule has 10 nitrogen and oxygen atoms in total. The number of aromatic nitrogens is 4. The fourth-order valence-corrected chi connectivity index (χ4v) is 4.82. The standard InChI is InChI=1S/C28H31N7O3.C2H6/c1-34-10-12-35(13-11-34)27(36)26-16-19-15-20(4-5-23(19)32-26)31-28-30-9-7-24(33-28)25-17-21(6-8-29-25)38-22-3-2-14-37-18-22;1-2/h4-9,15-17,22,32H,2-3,10-14,18H2,1H3,(H,30,31,33);1-2H3. The van der Waals surface area contributed by atoms with Crippen molar-refractivity contribution >= 4 is 28.4 Å². The Bertz CT molecular complexity index is 1430. The van der Waals surface area contributed by atoms with E-state index in [2.05, 4.69) is 37.2 Å². The van der Waals surface area contributed by atoms with Crippen LogP contribution in [0.25, 0.3) is 22.3 Å². The zero-order valence-electron chi connectivity index (χ0n) is 23.4. The number of aromatic amines is 1. The minimum Gasteiger partial charge on any atom is -0.488 e. The molecular formula is C30H37N7O3. The average Bonchev–Trinajstić information content (AvgIpc) is 3.43. The summed E-state index contributed by atoms with van der Waals surface area (Å²) in [6.07, 6.45) is 5.48. The number of hydrogen-bond acceptors (Lipinski definition) is 8. The molecule has 210 valence electrons. The highest BCUT2D eigenvalue weighted by Crippen LogP contribution is 2.25. The Hall–Kier alpha value is -4.02. The van der Waals surface area contributed by atoms with Crippen LogP contribution < -0.4 is 10.1 Å². The third kappa shape index (κ3) is 6.57. The highest BCUT2D eigenvalue weighted by Gasteiger charge is 2.22. The summed E-state index contributed by atoms with van der Waals surface area (Å²) >= 11 is 0. The lowest BCUT2D eigenvalue weighted by Gasteiger charge is -2.32. The summed E-state index contributed by atoms with van der Waals surface area (Å²) in [6.45, 7) is 8.66. The van der Waals surface area contributed by atoms with Crippen molar-refractivity contribution in [1.29, 1.82) is 0 Å². The molecule has 2 N–H and O–H groups in total. The Balaban J connectivity index is 0.00000158. The van der Waals surface area contributed by atoms with E-state index in [-0.39, 0.29) is 12.0 Å². The van der Waals surface area contributed by atoms with Crippen molar-refractivity contribution in [2.75, 3.05) is 51.8 Å².